The molecule has 4 aliphatic heterocycles. The minimum Gasteiger partial charge on any atom is -0.504 e. The molecule has 1 N–H and O–H groups in total. The number of likely N-dealkylation sites (tertiary alicyclic amines) is 1. The first-order valence-corrected chi connectivity index (χ1v) is 15.0. The molecule has 3 aromatic rings. The van der Waals surface area contributed by atoms with E-state index in [2.05, 4.69) is 21.9 Å². The highest BCUT2D eigenvalue weighted by molar-refractivity contribution is 6.09. The lowest BCUT2D eigenvalue weighted by atomic mass is 9.87. The highest BCUT2D eigenvalue weighted by atomic mass is 16.5. The number of ether oxygens (including phenoxy) is 3. The fourth-order valence-corrected chi connectivity index (χ4v) is 7.80. The number of methoxy groups -OCH3 is 2. The number of carbonyl (C=O) groups excluding carboxylic acids is 2. The standard InChI is InChI=1S/C33H38N4O6/c1-41-29-10-8-25(24-5-3-4-6-26(24)29)27-18-23-20-35(19-22-7-9-30(42-2)28(38)17-22)21-33(23)31(39)36(32(40)37(27)33)12-11-34-13-15-43-16-14-34/h3-10,17,23,27,38H,11-16,18-21H2,1-2H3/t23-,27-,33+/m1/s1. The van der Waals surface area contributed by atoms with Gasteiger partial charge in [0.05, 0.1) is 33.5 Å². The number of urea groups is 1. The second kappa shape index (κ2) is 11.0. The van der Waals surface area contributed by atoms with Crippen molar-refractivity contribution in [2.24, 2.45) is 5.92 Å². The molecule has 3 aromatic carbocycles. The summed E-state index contributed by atoms with van der Waals surface area (Å²) in [5, 5.41) is 12.4. The van der Waals surface area contributed by atoms with Crippen LogP contribution in [0.4, 0.5) is 4.79 Å². The molecule has 4 fully saturated rings. The lowest BCUT2D eigenvalue weighted by Crippen LogP contribution is -2.51. The van der Waals surface area contributed by atoms with Crippen molar-refractivity contribution < 1.29 is 28.9 Å². The van der Waals surface area contributed by atoms with Crippen LogP contribution in [0.1, 0.15) is 23.6 Å². The topological polar surface area (TPSA) is 95.0 Å². The van der Waals surface area contributed by atoms with Crippen LogP contribution in [0.3, 0.4) is 0 Å². The summed E-state index contributed by atoms with van der Waals surface area (Å²) < 4.78 is 16.4. The van der Waals surface area contributed by atoms with Crippen LogP contribution in [-0.2, 0) is 16.1 Å². The number of morpholine rings is 1. The Labute approximate surface area is 251 Å². The van der Waals surface area contributed by atoms with Gasteiger partial charge in [-0.3, -0.25) is 19.5 Å². The predicted molar refractivity (Wildman–Crippen MR) is 160 cm³/mol. The SMILES string of the molecule is COc1ccc(CN2C[C@H]3C[C@H](c4ccc(OC)c5ccccc45)N4C(=O)N(CCN5CCOCC5)C(=O)[C@]34C2)cc1O. The molecule has 226 valence electrons. The summed E-state index contributed by atoms with van der Waals surface area (Å²) in [6.45, 7) is 5.65. The molecule has 3 atom stereocenters. The molecule has 0 bridgehead atoms. The van der Waals surface area contributed by atoms with Gasteiger partial charge in [-0.05, 0) is 41.1 Å². The average molecular weight is 587 g/mol. The Kier molecular flexibility index (Phi) is 7.15. The maximum atomic E-state index is 14.5. The summed E-state index contributed by atoms with van der Waals surface area (Å²) in [5.74, 6) is 1.20. The van der Waals surface area contributed by atoms with Crippen molar-refractivity contribution >= 4 is 22.7 Å². The van der Waals surface area contributed by atoms with E-state index in [0.717, 1.165) is 40.7 Å². The Hall–Kier alpha value is -3.86. The fraction of sp³-hybridized carbons (Fsp3) is 0.455. The van der Waals surface area contributed by atoms with Crippen LogP contribution in [0.25, 0.3) is 10.8 Å². The van der Waals surface area contributed by atoms with E-state index in [1.165, 1.54) is 12.0 Å². The average Bonchev–Trinajstić information content (AvgIpc) is 3.60. The Balaban J connectivity index is 1.23. The van der Waals surface area contributed by atoms with Gasteiger partial charge in [-0.25, -0.2) is 4.79 Å². The second-order valence-electron chi connectivity index (χ2n) is 12.0. The van der Waals surface area contributed by atoms with Crippen LogP contribution in [0, 0.1) is 5.92 Å². The Bertz CT molecular complexity index is 1560. The summed E-state index contributed by atoms with van der Waals surface area (Å²) >= 11 is 0. The van der Waals surface area contributed by atoms with Crippen LogP contribution >= 0.6 is 0 Å². The van der Waals surface area contributed by atoms with Crippen LogP contribution in [0.5, 0.6) is 17.2 Å². The van der Waals surface area contributed by atoms with E-state index in [4.69, 9.17) is 14.2 Å². The summed E-state index contributed by atoms with van der Waals surface area (Å²) in [6, 6.07) is 17.1. The number of aromatic hydroxyl groups is 1. The number of benzene rings is 3. The van der Waals surface area contributed by atoms with Crippen molar-refractivity contribution in [3.05, 3.63) is 65.7 Å². The quantitative estimate of drug-likeness (QED) is 0.401. The second-order valence-corrected chi connectivity index (χ2v) is 12.0. The van der Waals surface area contributed by atoms with Crippen molar-refractivity contribution in [1.82, 2.24) is 19.6 Å². The summed E-state index contributed by atoms with van der Waals surface area (Å²) in [4.78, 5) is 36.7. The molecule has 0 radical (unpaired) electrons. The lowest BCUT2D eigenvalue weighted by molar-refractivity contribution is -0.133. The third-order valence-corrected chi connectivity index (χ3v) is 9.81. The number of amides is 3. The molecule has 7 rings (SSSR count). The smallest absolute Gasteiger partial charge is 0.328 e. The van der Waals surface area contributed by atoms with E-state index < -0.39 is 5.54 Å². The zero-order chi connectivity index (χ0) is 29.7. The van der Waals surface area contributed by atoms with Gasteiger partial charge in [-0.2, -0.15) is 0 Å². The first kappa shape index (κ1) is 27.9. The van der Waals surface area contributed by atoms with Crippen molar-refractivity contribution in [2.75, 3.05) is 66.7 Å². The minimum absolute atomic E-state index is 0.0185. The van der Waals surface area contributed by atoms with Crippen molar-refractivity contribution in [3.8, 4) is 17.2 Å². The summed E-state index contributed by atoms with van der Waals surface area (Å²) in [6.07, 6.45) is 0.704. The van der Waals surface area contributed by atoms with Gasteiger partial charge in [0, 0.05) is 57.1 Å². The first-order chi connectivity index (χ1) is 20.9. The zero-order valence-corrected chi connectivity index (χ0v) is 24.7. The van der Waals surface area contributed by atoms with Gasteiger partial charge in [-0.15, -0.1) is 0 Å². The van der Waals surface area contributed by atoms with E-state index >= 15 is 0 Å². The van der Waals surface area contributed by atoms with Gasteiger partial charge in [0.1, 0.15) is 11.3 Å². The van der Waals surface area contributed by atoms with E-state index in [-0.39, 0.29) is 29.6 Å². The predicted octanol–water partition coefficient (Wildman–Crippen LogP) is 3.47. The largest absolute Gasteiger partial charge is 0.504 e. The molecular formula is C33H38N4O6. The van der Waals surface area contributed by atoms with Gasteiger partial charge >= 0.3 is 6.03 Å². The van der Waals surface area contributed by atoms with Crippen LogP contribution < -0.4 is 9.47 Å². The molecule has 0 aliphatic carbocycles. The van der Waals surface area contributed by atoms with Gasteiger partial charge in [0.15, 0.2) is 11.5 Å². The molecule has 4 saturated heterocycles. The number of hydrogen-bond acceptors (Lipinski definition) is 8. The van der Waals surface area contributed by atoms with E-state index in [0.29, 0.717) is 58.1 Å². The molecular weight excluding hydrogens is 548 g/mol. The number of carbonyl (C=O) groups is 2. The van der Waals surface area contributed by atoms with Gasteiger partial charge in [0.2, 0.25) is 0 Å². The van der Waals surface area contributed by atoms with Crippen LogP contribution in [0.15, 0.2) is 54.6 Å². The number of nitrogens with zero attached hydrogens (tertiary/aromatic N) is 4. The fourth-order valence-electron chi connectivity index (χ4n) is 7.80. The number of rotatable bonds is 8. The molecule has 3 amide bonds. The Morgan fingerprint density at radius 3 is 2.42 bits per heavy atom. The third kappa shape index (κ3) is 4.51. The molecule has 0 aromatic heterocycles. The van der Waals surface area contributed by atoms with Crippen LogP contribution in [-0.4, -0.2) is 109 Å². The summed E-state index contributed by atoms with van der Waals surface area (Å²) in [7, 11) is 3.20. The maximum Gasteiger partial charge on any atom is 0.328 e. The molecule has 4 aliphatic rings. The van der Waals surface area contributed by atoms with Gasteiger partial charge in [-0.1, -0.05) is 36.4 Å². The molecule has 1 spiro atoms. The highest BCUT2D eigenvalue weighted by Crippen LogP contribution is 2.56. The van der Waals surface area contributed by atoms with Crippen molar-refractivity contribution in [3.63, 3.8) is 0 Å². The highest BCUT2D eigenvalue weighted by Gasteiger charge is 2.70. The van der Waals surface area contributed by atoms with Crippen molar-refractivity contribution in [2.45, 2.75) is 24.5 Å². The minimum atomic E-state index is -0.928. The first-order valence-electron chi connectivity index (χ1n) is 15.0. The number of fused-ring (bicyclic) bond motifs is 1. The maximum absolute atomic E-state index is 14.5. The number of phenolic OH excluding ortho intramolecular Hbond substituents is 1. The van der Waals surface area contributed by atoms with E-state index in [1.807, 2.05) is 35.2 Å². The molecule has 10 nitrogen and oxygen atoms in total. The monoisotopic (exact) mass is 586 g/mol. The lowest BCUT2D eigenvalue weighted by Gasteiger charge is -2.32. The molecule has 0 unspecified atom stereocenters. The van der Waals surface area contributed by atoms with E-state index in [9.17, 15) is 14.7 Å². The molecule has 10 heteroatoms. The van der Waals surface area contributed by atoms with Crippen LogP contribution in [0.2, 0.25) is 0 Å². The molecule has 4 heterocycles. The number of imide groups is 1. The number of phenols is 1. The third-order valence-electron chi connectivity index (χ3n) is 9.81. The molecule has 0 saturated carbocycles. The normalized spacial score (nSPS) is 25.9. The molecule has 43 heavy (non-hydrogen) atoms. The summed E-state index contributed by atoms with van der Waals surface area (Å²) in [5.41, 5.74) is 1.05. The Morgan fingerprint density at radius 1 is 0.930 bits per heavy atom. The van der Waals surface area contributed by atoms with Gasteiger partial charge < -0.3 is 24.2 Å². The van der Waals surface area contributed by atoms with Gasteiger partial charge in [0.25, 0.3) is 5.91 Å². The van der Waals surface area contributed by atoms with E-state index in [1.54, 1.807) is 19.2 Å². The number of hydrogen-bond donors (Lipinski definition) is 1. The van der Waals surface area contributed by atoms with Crippen molar-refractivity contribution in [1.29, 1.82) is 0 Å². The Morgan fingerprint density at radius 2 is 1.67 bits per heavy atom. The zero-order valence-electron chi connectivity index (χ0n) is 24.7.